The van der Waals surface area contributed by atoms with Crippen LogP contribution in [-0.4, -0.2) is 23.9 Å². The first kappa shape index (κ1) is 15.0. The van der Waals surface area contributed by atoms with Crippen LogP contribution in [0.1, 0.15) is 39.5 Å². The van der Waals surface area contributed by atoms with Gasteiger partial charge in [-0.25, -0.2) is 0 Å². The lowest BCUT2D eigenvalue weighted by molar-refractivity contribution is -0.000751. The van der Waals surface area contributed by atoms with Crippen LogP contribution in [0, 0.1) is 5.92 Å². The van der Waals surface area contributed by atoms with Crippen molar-refractivity contribution >= 4 is 11.4 Å². The number of rotatable bonds is 5. The molecule has 2 atom stereocenters. The molecular formula is C16H26N2O2. The minimum atomic E-state index is -0.619. The summed E-state index contributed by atoms with van der Waals surface area (Å²) in [4.78, 5) is 0. The van der Waals surface area contributed by atoms with Gasteiger partial charge in [0.2, 0.25) is 0 Å². The van der Waals surface area contributed by atoms with Gasteiger partial charge in [-0.1, -0.05) is 25.8 Å². The van der Waals surface area contributed by atoms with Gasteiger partial charge in [-0.2, -0.15) is 0 Å². The van der Waals surface area contributed by atoms with E-state index in [-0.39, 0.29) is 0 Å². The molecule has 2 unspecified atom stereocenters. The second-order valence-corrected chi connectivity index (χ2v) is 5.93. The Bertz CT molecular complexity index is 450. The zero-order chi connectivity index (χ0) is 14.6. The maximum Gasteiger partial charge on any atom is 0.144 e. The number of aliphatic hydroxyl groups is 1. The van der Waals surface area contributed by atoms with Crippen LogP contribution < -0.4 is 15.8 Å². The summed E-state index contributed by atoms with van der Waals surface area (Å²) in [5, 5.41) is 13.9. The standard InChI is InChI=1S/C16H26N2O2/c1-3-20-14-8-4-7-13(15(14)17)18-11-16(19)9-5-6-12(2)10-16/h4,7-8,12,18-19H,3,5-6,9-11,17H2,1-2H3. The molecule has 0 saturated heterocycles. The van der Waals surface area contributed by atoms with E-state index in [1.807, 2.05) is 25.1 Å². The van der Waals surface area contributed by atoms with Gasteiger partial charge >= 0.3 is 0 Å². The number of hydrogen-bond acceptors (Lipinski definition) is 4. The highest BCUT2D eigenvalue weighted by Crippen LogP contribution is 2.34. The number of ether oxygens (including phenoxy) is 1. The fraction of sp³-hybridized carbons (Fsp3) is 0.625. The quantitative estimate of drug-likeness (QED) is 0.724. The molecule has 1 aromatic carbocycles. The van der Waals surface area contributed by atoms with Crippen LogP contribution in [0.3, 0.4) is 0 Å². The van der Waals surface area contributed by atoms with Gasteiger partial charge in [0, 0.05) is 6.54 Å². The van der Waals surface area contributed by atoms with Crippen molar-refractivity contribution in [1.29, 1.82) is 0 Å². The molecule has 1 aromatic rings. The molecule has 0 radical (unpaired) electrons. The smallest absolute Gasteiger partial charge is 0.144 e. The van der Waals surface area contributed by atoms with Crippen molar-refractivity contribution in [2.45, 2.75) is 45.1 Å². The van der Waals surface area contributed by atoms with Gasteiger partial charge in [0.15, 0.2) is 0 Å². The van der Waals surface area contributed by atoms with Gasteiger partial charge in [-0.15, -0.1) is 0 Å². The summed E-state index contributed by atoms with van der Waals surface area (Å²) in [5.41, 5.74) is 6.92. The number of nitrogens with two attached hydrogens (primary N) is 1. The van der Waals surface area contributed by atoms with Crippen molar-refractivity contribution in [2.24, 2.45) is 5.92 Å². The van der Waals surface area contributed by atoms with Gasteiger partial charge in [-0.05, 0) is 37.8 Å². The molecule has 112 valence electrons. The van der Waals surface area contributed by atoms with E-state index < -0.39 is 5.60 Å². The molecule has 1 aliphatic rings. The minimum absolute atomic E-state index is 0.539. The molecule has 0 aliphatic heterocycles. The maximum atomic E-state index is 10.6. The Morgan fingerprint density at radius 2 is 2.30 bits per heavy atom. The molecule has 1 fully saturated rings. The number of nitrogens with one attached hydrogen (secondary N) is 1. The van der Waals surface area contributed by atoms with Gasteiger partial charge in [-0.3, -0.25) is 0 Å². The fourth-order valence-corrected chi connectivity index (χ4v) is 3.03. The topological polar surface area (TPSA) is 67.5 Å². The van der Waals surface area contributed by atoms with E-state index in [1.54, 1.807) is 0 Å². The summed E-state index contributed by atoms with van der Waals surface area (Å²) in [6.45, 7) is 5.27. The second kappa shape index (κ2) is 6.35. The number of benzene rings is 1. The number of anilines is 2. The third-order valence-corrected chi connectivity index (χ3v) is 4.04. The van der Waals surface area contributed by atoms with Crippen LogP contribution in [0.5, 0.6) is 5.75 Å². The van der Waals surface area contributed by atoms with Crippen molar-refractivity contribution < 1.29 is 9.84 Å². The molecule has 0 amide bonds. The van der Waals surface area contributed by atoms with E-state index in [2.05, 4.69) is 12.2 Å². The molecule has 0 spiro atoms. The predicted molar refractivity (Wildman–Crippen MR) is 83.1 cm³/mol. The summed E-state index contributed by atoms with van der Waals surface area (Å²) in [6, 6.07) is 5.70. The highest BCUT2D eigenvalue weighted by Gasteiger charge is 2.32. The second-order valence-electron chi connectivity index (χ2n) is 5.93. The number of nitrogen functional groups attached to an aromatic ring is 1. The van der Waals surface area contributed by atoms with Crippen LogP contribution in [0.15, 0.2) is 18.2 Å². The third-order valence-electron chi connectivity index (χ3n) is 4.04. The van der Waals surface area contributed by atoms with Crippen LogP contribution in [0.25, 0.3) is 0 Å². The van der Waals surface area contributed by atoms with Crippen LogP contribution in [0.4, 0.5) is 11.4 Å². The first-order chi connectivity index (χ1) is 9.54. The van der Waals surface area contributed by atoms with E-state index in [4.69, 9.17) is 10.5 Å². The summed E-state index contributed by atoms with van der Waals surface area (Å²) in [7, 11) is 0. The molecule has 0 aromatic heterocycles. The van der Waals surface area contributed by atoms with Gasteiger partial charge in [0.25, 0.3) is 0 Å². The maximum absolute atomic E-state index is 10.6. The first-order valence-corrected chi connectivity index (χ1v) is 7.51. The number of para-hydroxylation sites is 1. The molecule has 1 saturated carbocycles. The molecule has 4 N–H and O–H groups in total. The van der Waals surface area contributed by atoms with Crippen LogP contribution in [-0.2, 0) is 0 Å². The third kappa shape index (κ3) is 3.57. The van der Waals surface area contributed by atoms with E-state index in [0.29, 0.717) is 30.5 Å². The summed E-state index contributed by atoms with van der Waals surface area (Å²) in [6.07, 6.45) is 4.01. The Morgan fingerprint density at radius 3 is 3.00 bits per heavy atom. The van der Waals surface area contributed by atoms with E-state index >= 15 is 0 Å². The molecular weight excluding hydrogens is 252 g/mol. The average Bonchev–Trinajstić information content (AvgIpc) is 2.40. The molecule has 0 bridgehead atoms. The summed E-state index contributed by atoms with van der Waals surface area (Å²) in [5.74, 6) is 1.28. The molecule has 4 heteroatoms. The van der Waals surface area contributed by atoms with Crippen molar-refractivity contribution in [1.82, 2.24) is 0 Å². The lowest BCUT2D eigenvalue weighted by atomic mass is 9.79. The van der Waals surface area contributed by atoms with Crippen molar-refractivity contribution in [2.75, 3.05) is 24.2 Å². The Balaban J connectivity index is 2.01. The zero-order valence-electron chi connectivity index (χ0n) is 12.5. The van der Waals surface area contributed by atoms with Gasteiger partial charge in [0.1, 0.15) is 5.75 Å². The van der Waals surface area contributed by atoms with Gasteiger partial charge in [0.05, 0.1) is 23.6 Å². The Hall–Kier alpha value is -1.42. The Labute approximate surface area is 121 Å². The highest BCUT2D eigenvalue weighted by atomic mass is 16.5. The van der Waals surface area contributed by atoms with Crippen molar-refractivity contribution in [3.05, 3.63) is 18.2 Å². The molecule has 0 heterocycles. The first-order valence-electron chi connectivity index (χ1n) is 7.51. The van der Waals surface area contributed by atoms with Crippen LogP contribution >= 0.6 is 0 Å². The van der Waals surface area contributed by atoms with E-state index in [1.165, 1.54) is 6.42 Å². The largest absolute Gasteiger partial charge is 0.492 e. The molecule has 2 rings (SSSR count). The molecule has 4 nitrogen and oxygen atoms in total. The summed E-state index contributed by atoms with van der Waals surface area (Å²) < 4.78 is 5.48. The number of hydrogen-bond donors (Lipinski definition) is 3. The highest BCUT2D eigenvalue weighted by molar-refractivity contribution is 5.73. The molecule has 20 heavy (non-hydrogen) atoms. The van der Waals surface area contributed by atoms with Crippen molar-refractivity contribution in [3.8, 4) is 5.75 Å². The normalized spacial score (nSPS) is 26.2. The fourth-order valence-electron chi connectivity index (χ4n) is 3.03. The minimum Gasteiger partial charge on any atom is -0.492 e. The van der Waals surface area contributed by atoms with E-state index in [9.17, 15) is 5.11 Å². The lowest BCUT2D eigenvalue weighted by Gasteiger charge is -2.36. The Kier molecular flexibility index (Phi) is 4.76. The van der Waals surface area contributed by atoms with Crippen molar-refractivity contribution in [3.63, 3.8) is 0 Å². The predicted octanol–water partition coefficient (Wildman–Crippen LogP) is 3.02. The monoisotopic (exact) mass is 278 g/mol. The van der Waals surface area contributed by atoms with Gasteiger partial charge < -0.3 is 20.9 Å². The Morgan fingerprint density at radius 1 is 1.50 bits per heavy atom. The van der Waals surface area contributed by atoms with E-state index in [0.717, 1.165) is 24.9 Å². The van der Waals surface area contributed by atoms with Crippen LogP contribution in [0.2, 0.25) is 0 Å². The lowest BCUT2D eigenvalue weighted by Crippen LogP contribution is -2.41. The SMILES string of the molecule is CCOc1cccc(NCC2(O)CCCC(C)C2)c1N. The summed E-state index contributed by atoms with van der Waals surface area (Å²) >= 11 is 0. The zero-order valence-corrected chi connectivity index (χ0v) is 12.5. The molecule has 1 aliphatic carbocycles. The average molecular weight is 278 g/mol.